The number of carbonyl (C=O) groups excluding carboxylic acids is 1. The number of aliphatic carboxylic acids is 1. The summed E-state index contributed by atoms with van der Waals surface area (Å²) >= 11 is 0. The standard InChI is InChI=1S/C28H45NO3/c1-4-6-7-8-9-10-11-12-13-14-15-16-17-18-19-20-21-22-23-24-26(30)29-27(28(31)32)25(3)5-2/h6-7,9-10,12-13,15-16,18-19,25,27H,4-5,8,11,14,17,20-24H2,1-3H3,(H,29,30)(H,31,32)/t25-,27-/m0/s1. The van der Waals surface area contributed by atoms with Gasteiger partial charge in [-0.05, 0) is 57.3 Å². The topological polar surface area (TPSA) is 66.4 Å². The molecule has 0 rings (SSSR count). The summed E-state index contributed by atoms with van der Waals surface area (Å²) in [6.45, 7) is 5.93. The van der Waals surface area contributed by atoms with E-state index < -0.39 is 12.0 Å². The summed E-state index contributed by atoms with van der Waals surface area (Å²) in [6.07, 6.45) is 31.9. The molecule has 0 aromatic rings. The maximum absolute atomic E-state index is 12.0. The van der Waals surface area contributed by atoms with E-state index in [-0.39, 0.29) is 11.8 Å². The van der Waals surface area contributed by atoms with Gasteiger partial charge in [-0.1, -0.05) is 94.4 Å². The van der Waals surface area contributed by atoms with Gasteiger partial charge >= 0.3 is 5.97 Å². The minimum Gasteiger partial charge on any atom is -0.480 e. The lowest BCUT2D eigenvalue weighted by molar-refractivity contribution is -0.143. The van der Waals surface area contributed by atoms with Gasteiger partial charge in [-0.3, -0.25) is 4.79 Å². The number of hydrogen-bond acceptors (Lipinski definition) is 2. The molecule has 0 aliphatic carbocycles. The molecule has 0 heterocycles. The quantitative estimate of drug-likeness (QED) is 0.162. The number of rotatable bonds is 19. The van der Waals surface area contributed by atoms with Crippen LogP contribution in [0.5, 0.6) is 0 Å². The molecule has 1 amide bonds. The highest BCUT2D eigenvalue weighted by atomic mass is 16.4. The van der Waals surface area contributed by atoms with Crippen molar-refractivity contribution in [3.8, 4) is 0 Å². The van der Waals surface area contributed by atoms with Crippen LogP contribution >= 0.6 is 0 Å². The zero-order valence-corrected chi connectivity index (χ0v) is 20.5. The summed E-state index contributed by atoms with van der Waals surface area (Å²) in [5.41, 5.74) is 0. The van der Waals surface area contributed by atoms with E-state index in [1.54, 1.807) is 0 Å². The highest BCUT2D eigenvalue weighted by Gasteiger charge is 2.24. The van der Waals surface area contributed by atoms with Gasteiger partial charge in [-0.2, -0.15) is 0 Å². The second kappa shape index (κ2) is 21.9. The Morgan fingerprint density at radius 1 is 0.750 bits per heavy atom. The molecule has 4 nitrogen and oxygen atoms in total. The van der Waals surface area contributed by atoms with Crippen LogP contribution in [0, 0.1) is 5.92 Å². The third-order valence-corrected chi connectivity index (χ3v) is 5.23. The summed E-state index contributed by atoms with van der Waals surface area (Å²) < 4.78 is 0. The first-order valence-electron chi connectivity index (χ1n) is 12.3. The molecule has 0 saturated heterocycles. The predicted octanol–water partition coefficient (Wildman–Crippen LogP) is 7.30. The SMILES string of the molecule is CCC=CCC=CCC=CCC=CCC=CCCCCCC(=O)N[C@H](C(=O)O)[C@@H](C)CC. The largest absolute Gasteiger partial charge is 0.480 e. The van der Waals surface area contributed by atoms with Crippen molar-refractivity contribution in [3.63, 3.8) is 0 Å². The number of hydrogen-bond donors (Lipinski definition) is 2. The third kappa shape index (κ3) is 18.4. The fourth-order valence-electron chi connectivity index (χ4n) is 3.02. The molecule has 0 aliphatic heterocycles. The Balaban J connectivity index is 3.70. The van der Waals surface area contributed by atoms with Crippen molar-refractivity contribution in [2.45, 2.75) is 97.4 Å². The molecule has 180 valence electrons. The van der Waals surface area contributed by atoms with E-state index >= 15 is 0 Å². The van der Waals surface area contributed by atoms with Crippen LogP contribution in [-0.2, 0) is 9.59 Å². The van der Waals surface area contributed by atoms with Gasteiger partial charge in [-0.25, -0.2) is 4.79 Å². The van der Waals surface area contributed by atoms with Gasteiger partial charge in [0.25, 0.3) is 0 Å². The zero-order valence-electron chi connectivity index (χ0n) is 20.5. The maximum atomic E-state index is 12.0. The van der Waals surface area contributed by atoms with Crippen LogP contribution < -0.4 is 5.32 Å². The van der Waals surface area contributed by atoms with Gasteiger partial charge in [0.05, 0.1) is 0 Å². The predicted molar refractivity (Wildman–Crippen MR) is 137 cm³/mol. The summed E-state index contributed by atoms with van der Waals surface area (Å²) in [7, 11) is 0. The fourth-order valence-corrected chi connectivity index (χ4v) is 3.02. The number of carboxylic acids is 1. The van der Waals surface area contributed by atoms with Gasteiger partial charge in [0, 0.05) is 6.42 Å². The minimum absolute atomic E-state index is 0.0632. The molecule has 0 unspecified atom stereocenters. The molecule has 0 aliphatic rings. The summed E-state index contributed by atoms with van der Waals surface area (Å²) in [5, 5.41) is 11.9. The number of carbonyl (C=O) groups is 2. The van der Waals surface area contributed by atoms with Gasteiger partial charge in [-0.15, -0.1) is 0 Å². The molecule has 0 aromatic carbocycles. The molecular weight excluding hydrogens is 398 g/mol. The van der Waals surface area contributed by atoms with E-state index in [0.717, 1.165) is 64.2 Å². The molecule has 32 heavy (non-hydrogen) atoms. The number of allylic oxidation sites excluding steroid dienone is 10. The van der Waals surface area contributed by atoms with Crippen LogP contribution in [-0.4, -0.2) is 23.0 Å². The second-order valence-electron chi connectivity index (χ2n) is 8.08. The first-order valence-corrected chi connectivity index (χ1v) is 12.3. The first kappa shape index (κ1) is 29.6. The molecule has 0 saturated carbocycles. The highest BCUT2D eigenvalue weighted by molar-refractivity contribution is 5.83. The van der Waals surface area contributed by atoms with Gasteiger partial charge in [0.1, 0.15) is 6.04 Å². The smallest absolute Gasteiger partial charge is 0.326 e. The van der Waals surface area contributed by atoms with E-state index in [0.29, 0.717) is 6.42 Å². The van der Waals surface area contributed by atoms with E-state index in [9.17, 15) is 14.7 Å². The molecule has 0 bridgehead atoms. The van der Waals surface area contributed by atoms with E-state index in [1.165, 1.54) is 0 Å². The van der Waals surface area contributed by atoms with Crippen molar-refractivity contribution in [2.24, 2.45) is 5.92 Å². The van der Waals surface area contributed by atoms with Crippen molar-refractivity contribution in [2.75, 3.05) is 0 Å². The molecule has 0 aromatic heterocycles. The summed E-state index contributed by atoms with van der Waals surface area (Å²) in [4.78, 5) is 23.2. The van der Waals surface area contributed by atoms with Crippen LogP contribution in [0.4, 0.5) is 0 Å². The molecule has 4 heteroatoms. The first-order chi connectivity index (χ1) is 15.5. The average Bonchev–Trinajstić information content (AvgIpc) is 2.78. The Kier molecular flexibility index (Phi) is 20.2. The van der Waals surface area contributed by atoms with Crippen molar-refractivity contribution in [3.05, 3.63) is 60.8 Å². The minimum atomic E-state index is -0.953. The van der Waals surface area contributed by atoms with Crippen LogP contribution in [0.25, 0.3) is 0 Å². The third-order valence-electron chi connectivity index (χ3n) is 5.23. The number of amides is 1. The normalized spacial score (nSPS) is 14.3. The van der Waals surface area contributed by atoms with Gasteiger partial charge in [0.2, 0.25) is 5.91 Å². The van der Waals surface area contributed by atoms with Crippen LogP contribution in [0.1, 0.15) is 91.4 Å². The lowest BCUT2D eigenvalue weighted by Gasteiger charge is -2.20. The van der Waals surface area contributed by atoms with Gasteiger partial charge in [0.15, 0.2) is 0 Å². The Morgan fingerprint density at radius 3 is 1.72 bits per heavy atom. The molecule has 0 spiro atoms. The lowest BCUT2D eigenvalue weighted by atomic mass is 9.99. The van der Waals surface area contributed by atoms with E-state index in [4.69, 9.17) is 0 Å². The molecule has 2 atom stereocenters. The second-order valence-corrected chi connectivity index (χ2v) is 8.08. The van der Waals surface area contributed by atoms with Crippen LogP contribution in [0.15, 0.2) is 60.8 Å². The zero-order chi connectivity index (χ0) is 23.9. The van der Waals surface area contributed by atoms with E-state index in [2.05, 4.69) is 73.0 Å². The highest BCUT2D eigenvalue weighted by Crippen LogP contribution is 2.09. The van der Waals surface area contributed by atoms with Crippen molar-refractivity contribution < 1.29 is 14.7 Å². The summed E-state index contributed by atoms with van der Waals surface area (Å²) in [5.74, 6) is -1.18. The Bertz CT molecular complexity index is 629. The lowest BCUT2D eigenvalue weighted by Crippen LogP contribution is -2.44. The van der Waals surface area contributed by atoms with Crippen molar-refractivity contribution >= 4 is 11.9 Å². The van der Waals surface area contributed by atoms with E-state index in [1.807, 2.05) is 13.8 Å². The number of nitrogens with one attached hydrogen (secondary N) is 1. The van der Waals surface area contributed by atoms with Crippen molar-refractivity contribution in [1.82, 2.24) is 5.32 Å². The van der Waals surface area contributed by atoms with Gasteiger partial charge < -0.3 is 10.4 Å². The summed E-state index contributed by atoms with van der Waals surface area (Å²) in [6, 6.07) is -0.784. The Morgan fingerprint density at radius 2 is 1.25 bits per heavy atom. The Labute approximate surface area is 196 Å². The maximum Gasteiger partial charge on any atom is 0.326 e. The molecule has 2 N–H and O–H groups in total. The molecule has 0 fully saturated rings. The number of carboxylic acid groups (broad SMARTS) is 1. The Hall–Kier alpha value is -2.36. The average molecular weight is 444 g/mol. The number of unbranched alkanes of at least 4 members (excludes halogenated alkanes) is 3. The monoisotopic (exact) mass is 443 g/mol. The van der Waals surface area contributed by atoms with Crippen LogP contribution in [0.3, 0.4) is 0 Å². The van der Waals surface area contributed by atoms with Crippen LogP contribution in [0.2, 0.25) is 0 Å². The van der Waals surface area contributed by atoms with Crippen molar-refractivity contribution in [1.29, 1.82) is 0 Å². The fraction of sp³-hybridized carbons (Fsp3) is 0.571. The molecule has 0 radical (unpaired) electrons. The molecular formula is C28H45NO3.